The first kappa shape index (κ1) is 13.7. The molecular formula is C12H18N8O. The number of imidazole rings is 1. The Balaban J connectivity index is 1.87. The van der Waals surface area contributed by atoms with Gasteiger partial charge in [-0.15, -0.1) is 0 Å². The van der Waals surface area contributed by atoms with E-state index < -0.39 is 0 Å². The second-order valence-electron chi connectivity index (χ2n) is 4.99. The van der Waals surface area contributed by atoms with Crippen molar-refractivity contribution >= 4 is 11.9 Å². The molecule has 0 aliphatic carbocycles. The third-order valence-electron chi connectivity index (χ3n) is 3.58. The lowest BCUT2D eigenvalue weighted by Crippen LogP contribution is -2.24. The molecule has 1 unspecified atom stereocenters. The summed E-state index contributed by atoms with van der Waals surface area (Å²) in [5.41, 5.74) is 2.47. The van der Waals surface area contributed by atoms with Crippen molar-refractivity contribution in [3.8, 4) is 5.95 Å². The molecule has 0 aromatic carbocycles. The summed E-state index contributed by atoms with van der Waals surface area (Å²) in [5, 5.41) is 9.04. The molecule has 1 saturated heterocycles. The molecule has 1 fully saturated rings. The Labute approximate surface area is 121 Å². The van der Waals surface area contributed by atoms with Gasteiger partial charge >= 0.3 is 0 Å². The molecule has 3 heterocycles. The van der Waals surface area contributed by atoms with Crippen molar-refractivity contribution in [2.24, 2.45) is 11.8 Å². The van der Waals surface area contributed by atoms with Gasteiger partial charge in [-0.2, -0.15) is 15.0 Å². The van der Waals surface area contributed by atoms with Crippen LogP contribution in [0.5, 0.6) is 0 Å². The summed E-state index contributed by atoms with van der Waals surface area (Å²) in [4.78, 5) is 19.1. The van der Waals surface area contributed by atoms with Gasteiger partial charge in [-0.05, 0) is 18.8 Å². The number of hydrazine groups is 1. The summed E-state index contributed by atoms with van der Waals surface area (Å²) < 4.78 is 1.70. The maximum atomic E-state index is 9.04. The number of hydrogen-bond donors (Lipinski definition) is 3. The second-order valence-corrected chi connectivity index (χ2v) is 4.99. The molecule has 2 aromatic rings. The van der Waals surface area contributed by atoms with Crippen LogP contribution in [0.15, 0.2) is 18.7 Å². The number of aliphatic hydroxyl groups excluding tert-OH is 1. The molecule has 4 N–H and O–H groups in total. The minimum absolute atomic E-state index is 0.214. The Morgan fingerprint density at radius 2 is 2.19 bits per heavy atom. The van der Waals surface area contributed by atoms with Crippen molar-refractivity contribution in [1.82, 2.24) is 24.5 Å². The highest BCUT2D eigenvalue weighted by Gasteiger charge is 2.25. The van der Waals surface area contributed by atoms with E-state index in [0.717, 1.165) is 25.9 Å². The molecule has 1 aliphatic rings. The summed E-state index contributed by atoms with van der Waals surface area (Å²) in [7, 11) is 0. The van der Waals surface area contributed by atoms with Gasteiger partial charge < -0.3 is 10.0 Å². The summed E-state index contributed by atoms with van der Waals surface area (Å²) in [6.45, 7) is 1.91. The zero-order valence-electron chi connectivity index (χ0n) is 11.6. The fourth-order valence-electron chi connectivity index (χ4n) is 2.49. The highest BCUT2D eigenvalue weighted by molar-refractivity contribution is 5.40. The fourth-order valence-corrected chi connectivity index (χ4v) is 2.49. The van der Waals surface area contributed by atoms with E-state index >= 15 is 0 Å². The molecule has 0 spiro atoms. The highest BCUT2D eigenvalue weighted by atomic mass is 16.3. The molecule has 0 bridgehead atoms. The Hall–Kier alpha value is -2.26. The van der Waals surface area contributed by atoms with Crippen LogP contribution in [0.3, 0.4) is 0 Å². The number of nitrogen functional groups attached to an aromatic ring is 1. The molecule has 1 aliphatic heterocycles. The summed E-state index contributed by atoms with van der Waals surface area (Å²) >= 11 is 0. The van der Waals surface area contributed by atoms with Gasteiger partial charge in [-0.3, -0.25) is 9.99 Å². The van der Waals surface area contributed by atoms with Gasteiger partial charge in [-0.25, -0.2) is 10.8 Å². The van der Waals surface area contributed by atoms with E-state index in [0.29, 0.717) is 23.8 Å². The van der Waals surface area contributed by atoms with E-state index in [9.17, 15) is 0 Å². The number of aliphatic hydroxyl groups is 1. The number of nitrogens with one attached hydrogen (secondary N) is 1. The zero-order valence-corrected chi connectivity index (χ0v) is 11.6. The van der Waals surface area contributed by atoms with Crippen LogP contribution >= 0.6 is 0 Å². The molecule has 21 heavy (non-hydrogen) atoms. The first-order chi connectivity index (χ1) is 10.3. The largest absolute Gasteiger partial charge is 0.396 e. The van der Waals surface area contributed by atoms with Crippen molar-refractivity contribution in [3.63, 3.8) is 0 Å². The molecule has 3 rings (SSSR count). The van der Waals surface area contributed by atoms with Crippen LogP contribution in [0.4, 0.5) is 11.9 Å². The minimum atomic E-state index is 0.214. The third-order valence-corrected chi connectivity index (χ3v) is 3.58. The van der Waals surface area contributed by atoms with Gasteiger partial charge in [0, 0.05) is 32.1 Å². The van der Waals surface area contributed by atoms with Gasteiger partial charge in [-0.1, -0.05) is 0 Å². The third kappa shape index (κ3) is 2.93. The second kappa shape index (κ2) is 6.02. The molecule has 2 aromatic heterocycles. The maximum absolute atomic E-state index is 9.04. The molecular weight excluding hydrogens is 272 g/mol. The minimum Gasteiger partial charge on any atom is -0.396 e. The summed E-state index contributed by atoms with van der Waals surface area (Å²) in [6, 6.07) is 0. The number of hydrogen-bond acceptors (Lipinski definition) is 8. The predicted octanol–water partition coefficient (Wildman–Crippen LogP) is -0.448. The summed E-state index contributed by atoms with van der Waals surface area (Å²) in [6.07, 6.45) is 6.87. The van der Waals surface area contributed by atoms with Crippen LogP contribution < -0.4 is 16.2 Å². The van der Waals surface area contributed by atoms with Crippen molar-refractivity contribution in [3.05, 3.63) is 18.7 Å². The number of nitrogens with two attached hydrogens (primary N) is 1. The number of aromatic nitrogens is 5. The molecule has 112 valence electrons. The Bertz CT molecular complexity index is 587. The molecule has 9 nitrogen and oxygen atoms in total. The quantitative estimate of drug-likeness (QED) is 0.500. The van der Waals surface area contributed by atoms with Gasteiger partial charge in [0.15, 0.2) is 0 Å². The van der Waals surface area contributed by atoms with Crippen LogP contribution in [-0.4, -0.2) is 49.3 Å². The first-order valence-corrected chi connectivity index (χ1v) is 6.87. The average molecular weight is 290 g/mol. The normalized spacial score (nSPS) is 18.2. The smallest absolute Gasteiger partial charge is 0.243 e. The van der Waals surface area contributed by atoms with Gasteiger partial charge in [0.05, 0.1) is 0 Å². The van der Waals surface area contributed by atoms with Crippen LogP contribution in [0, 0.1) is 5.92 Å². The fraction of sp³-hybridized carbons (Fsp3) is 0.500. The number of nitrogens with zero attached hydrogens (tertiary/aromatic N) is 6. The van der Waals surface area contributed by atoms with E-state index in [1.807, 2.05) is 0 Å². The van der Waals surface area contributed by atoms with Gasteiger partial charge in [0.1, 0.15) is 6.33 Å². The van der Waals surface area contributed by atoms with Gasteiger partial charge in [0.25, 0.3) is 0 Å². The van der Waals surface area contributed by atoms with Crippen LogP contribution in [0.1, 0.15) is 12.8 Å². The van der Waals surface area contributed by atoms with E-state index in [1.165, 1.54) is 0 Å². The van der Waals surface area contributed by atoms with Crippen LogP contribution in [0.2, 0.25) is 0 Å². The predicted molar refractivity (Wildman–Crippen MR) is 76.8 cm³/mol. The van der Waals surface area contributed by atoms with Crippen molar-refractivity contribution in [2.45, 2.75) is 12.8 Å². The zero-order chi connectivity index (χ0) is 14.7. The van der Waals surface area contributed by atoms with Crippen LogP contribution in [-0.2, 0) is 0 Å². The van der Waals surface area contributed by atoms with E-state index in [1.54, 1.807) is 23.3 Å². The lowest BCUT2D eigenvalue weighted by molar-refractivity contribution is 0.263. The van der Waals surface area contributed by atoms with Crippen molar-refractivity contribution < 1.29 is 5.11 Å². The number of anilines is 2. The first-order valence-electron chi connectivity index (χ1n) is 6.87. The van der Waals surface area contributed by atoms with Gasteiger partial charge in [0.2, 0.25) is 17.8 Å². The topological polar surface area (TPSA) is 118 Å². The standard InChI is InChI=1S/C12H18N8O/c13-18-10-15-11(19-4-1-9(7-19)2-6-21)17-12(16-10)20-5-3-14-8-20/h3,5,8-9,21H,1-2,4,6-7,13H2,(H,15,16,17,18). The maximum Gasteiger partial charge on any atom is 0.243 e. The molecule has 0 amide bonds. The Morgan fingerprint density at radius 1 is 1.33 bits per heavy atom. The molecule has 0 radical (unpaired) electrons. The van der Waals surface area contributed by atoms with E-state index in [4.69, 9.17) is 10.9 Å². The van der Waals surface area contributed by atoms with Crippen molar-refractivity contribution in [1.29, 1.82) is 0 Å². The van der Waals surface area contributed by atoms with E-state index in [-0.39, 0.29) is 6.61 Å². The lowest BCUT2D eigenvalue weighted by atomic mass is 10.1. The molecule has 1 atom stereocenters. The monoisotopic (exact) mass is 290 g/mol. The molecule has 9 heteroatoms. The Kier molecular flexibility index (Phi) is 3.93. The van der Waals surface area contributed by atoms with E-state index in [2.05, 4.69) is 30.3 Å². The van der Waals surface area contributed by atoms with Crippen LogP contribution in [0.25, 0.3) is 5.95 Å². The highest BCUT2D eigenvalue weighted by Crippen LogP contribution is 2.23. The van der Waals surface area contributed by atoms with Crippen molar-refractivity contribution in [2.75, 3.05) is 30.0 Å². The average Bonchev–Trinajstić information content (AvgIpc) is 3.18. The SMILES string of the molecule is NNc1nc(N2CCC(CCO)C2)nc(-n2ccnc2)n1. The lowest BCUT2D eigenvalue weighted by Gasteiger charge is -2.17. The Morgan fingerprint density at radius 3 is 2.90 bits per heavy atom. The summed E-state index contributed by atoms with van der Waals surface area (Å²) in [5.74, 6) is 7.27. The molecule has 0 saturated carbocycles. The number of rotatable bonds is 5.